The Hall–Kier alpha value is -4.17. The summed E-state index contributed by atoms with van der Waals surface area (Å²) in [6, 6.07) is 13.9. The second-order valence-electron chi connectivity index (χ2n) is 11.0. The molecule has 1 fully saturated rings. The maximum Gasteiger partial charge on any atom is 0.422 e. The molecule has 0 spiro atoms. The predicted molar refractivity (Wildman–Crippen MR) is 164 cm³/mol. The van der Waals surface area contributed by atoms with Gasteiger partial charge < -0.3 is 35.2 Å². The van der Waals surface area contributed by atoms with Crippen molar-refractivity contribution in [1.82, 2.24) is 30.1 Å². The van der Waals surface area contributed by atoms with Gasteiger partial charge in [-0.25, -0.2) is 0 Å². The van der Waals surface area contributed by atoms with Crippen LogP contribution in [0.25, 0.3) is 0 Å². The Morgan fingerprint density at radius 3 is 2.29 bits per heavy atom. The fraction of sp³-hybridized carbons (Fsp3) is 0.484. The molecular formula is C31H39F3N8O3. The predicted octanol–water partition coefficient (Wildman–Crippen LogP) is 4.47. The molecule has 8 rings (SSSR count). The van der Waals surface area contributed by atoms with Gasteiger partial charge in [-0.15, -0.1) is 0 Å². The van der Waals surface area contributed by atoms with Crippen LogP contribution in [0.2, 0.25) is 0 Å². The lowest BCUT2D eigenvalue weighted by atomic mass is 10.1. The summed E-state index contributed by atoms with van der Waals surface area (Å²) in [7, 11) is 0. The highest BCUT2D eigenvalue weighted by Gasteiger charge is 2.29. The van der Waals surface area contributed by atoms with Gasteiger partial charge in [-0.3, -0.25) is 4.79 Å². The van der Waals surface area contributed by atoms with E-state index in [9.17, 15) is 18.0 Å². The number of alkyl halides is 3. The highest BCUT2D eigenvalue weighted by molar-refractivity contribution is 5.94. The summed E-state index contributed by atoms with van der Waals surface area (Å²) in [5.74, 6) is 0.727. The smallest absolute Gasteiger partial charge is 0.422 e. The SMILES string of the molecule is O=C1c2ccc(cc2)Nc2nc(nc(OCC(F)(F)F)n2)NCc2ccc(cc2)OCCCN2CCCNCCCN1CCC2. The lowest BCUT2D eigenvalue weighted by Gasteiger charge is -2.27. The fourth-order valence-electron chi connectivity index (χ4n) is 5.16. The molecule has 1 aromatic heterocycles. The van der Waals surface area contributed by atoms with E-state index in [0.29, 0.717) is 37.5 Å². The number of benzene rings is 2. The van der Waals surface area contributed by atoms with Crippen LogP contribution in [0.15, 0.2) is 48.5 Å². The maximum atomic E-state index is 13.5. The normalized spacial score (nSPS) is 19.0. The van der Waals surface area contributed by atoms with Gasteiger partial charge in [0.15, 0.2) is 6.61 Å². The minimum absolute atomic E-state index is 0.0120. The van der Waals surface area contributed by atoms with Gasteiger partial charge in [-0.1, -0.05) is 12.1 Å². The number of hydrogen-bond acceptors (Lipinski definition) is 10. The van der Waals surface area contributed by atoms with Crippen molar-refractivity contribution in [3.63, 3.8) is 0 Å². The van der Waals surface area contributed by atoms with E-state index in [1.165, 1.54) is 0 Å². The number of anilines is 3. The number of nitrogens with one attached hydrogen (secondary N) is 3. The zero-order chi connectivity index (χ0) is 31.5. The highest BCUT2D eigenvalue weighted by Crippen LogP contribution is 2.22. The van der Waals surface area contributed by atoms with E-state index in [1.54, 1.807) is 24.3 Å². The van der Waals surface area contributed by atoms with Crippen LogP contribution in [0.3, 0.4) is 0 Å². The molecule has 6 heterocycles. The molecule has 8 bridgehead atoms. The first kappa shape index (κ1) is 32.2. The average Bonchev–Trinajstić information content (AvgIpc) is 3.02. The molecule has 1 amide bonds. The number of aromatic nitrogens is 3. The molecule has 0 saturated carbocycles. The second kappa shape index (κ2) is 15.7. The molecule has 5 aliphatic heterocycles. The molecule has 3 N–H and O–H groups in total. The number of halogens is 3. The number of nitrogens with zero attached hydrogens (tertiary/aromatic N) is 5. The summed E-state index contributed by atoms with van der Waals surface area (Å²) in [5.41, 5.74) is 1.98. The van der Waals surface area contributed by atoms with E-state index in [-0.39, 0.29) is 17.8 Å². The van der Waals surface area contributed by atoms with Gasteiger partial charge in [0.05, 0.1) is 6.61 Å². The molecule has 3 aromatic rings. The van der Waals surface area contributed by atoms with E-state index in [0.717, 1.165) is 69.7 Å². The van der Waals surface area contributed by atoms with E-state index in [4.69, 9.17) is 9.47 Å². The Morgan fingerprint density at radius 2 is 1.51 bits per heavy atom. The van der Waals surface area contributed by atoms with Crippen molar-refractivity contribution >= 4 is 23.5 Å². The van der Waals surface area contributed by atoms with Crippen molar-refractivity contribution < 1.29 is 27.4 Å². The lowest BCUT2D eigenvalue weighted by Crippen LogP contribution is -2.38. The minimum atomic E-state index is -4.56. The van der Waals surface area contributed by atoms with Gasteiger partial charge in [-0.2, -0.15) is 28.1 Å². The largest absolute Gasteiger partial charge is 0.494 e. The van der Waals surface area contributed by atoms with Gasteiger partial charge >= 0.3 is 12.2 Å². The van der Waals surface area contributed by atoms with Gasteiger partial charge in [0, 0.05) is 37.4 Å². The Balaban J connectivity index is 1.39. The van der Waals surface area contributed by atoms with Gasteiger partial charge in [-0.05, 0) is 93.8 Å². The summed E-state index contributed by atoms with van der Waals surface area (Å²) in [4.78, 5) is 30.2. The zero-order valence-electron chi connectivity index (χ0n) is 25.1. The molecule has 45 heavy (non-hydrogen) atoms. The first-order valence-electron chi connectivity index (χ1n) is 15.3. The molecule has 11 nitrogen and oxygen atoms in total. The topological polar surface area (TPSA) is 117 Å². The summed E-state index contributed by atoms with van der Waals surface area (Å²) in [6.07, 6.45) is -0.874. The Morgan fingerprint density at radius 1 is 0.822 bits per heavy atom. The van der Waals surface area contributed by atoms with Crippen LogP contribution in [-0.4, -0.2) is 95.9 Å². The second-order valence-corrected chi connectivity index (χ2v) is 11.0. The van der Waals surface area contributed by atoms with Crippen LogP contribution in [0.5, 0.6) is 11.8 Å². The van der Waals surface area contributed by atoms with E-state index in [2.05, 4.69) is 35.8 Å². The summed E-state index contributed by atoms with van der Waals surface area (Å²) >= 11 is 0. The van der Waals surface area contributed by atoms with Crippen LogP contribution in [0.4, 0.5) is 30.8 Å². The van der Waals surface area contributed by atoms with Gasteiger partial charge in [0.25, 0.3) is 5.91 Å². The first-order chi connectivity index (χ1) is 21.8. The molecule has 1 saturated heterocycles. The third kappa shape index (κ3) is 10.5. The molecule has 14 heteroatoms. The van der Waals surface area contributed by atoms with Crippen molar-refractivity contribution in [3.8, 4) is 11.8 Å². The molecule has 1 unspecified atom stereocenters. The van der Waals surface area contributed by atoms with Crippen LogP contribution in [0, 0.1) is 0 Å². The summed E-state index contributed by atoms with van der Waals surface area (Å²) in [5, 5.41) is 9.51. The maximum absolute atomic E-state index is 13.5. The molecule has 0 aliphatic carbocycles. The number of hydrogen-bond donors (Lipinski definition) is 3. The average molecular weight is 629 g/mol. The third-order valence-electron chi connectivity index (χ3n) is 7.43. The summed E-state index contributed by atoms with van der Waals surface area (Å²) in [6.45, 7) is 5.23. The van der Waals surface area contributed by atoms with Crippen LogP contribution >= 0.6 is 0 Å². The molecule has 5 aliphatic rings. The molecule has 0 radical (unpaired) electrons. The third-order valence-corrected chi connectivity index (χ3v) is 7.43. The van der Waals surface area contributed by atoms with Crippen molar-refractivity contribution in [1.29, 1.82) is 0 Å². The van der Waals surface area contributed by atoms with Gasteiger partial charge in [0.2, 0.25) is 11.9 Å². The van der Waals surface area contributed by atoms with Crippen molar-refractivity contribution in [2.24, 2.45) is 0 Å². The molecule has 1 atom stereocenters. The highest BCUT2D eigenvalue weighted by atomic mass is 19.4. The molecule has 242 valence electrons. The van der Waals surface area contributed by atoms with Crippen LogP contribution in [0.1, 0.15) is 41.6 Å². The summed E-state index contributed by atoms with van der Waals surface area (Å²) < 4.78 is 49.4. The minimum Gasteiger partial charge on any atom is -0.494 e. The van der Waals surface area contributed by atoms with E-state index in [1.807, 2.05) is 29.2 Å². The number of carbonyl (C=O) groups excluding carboxylic acids is 1. The Bertz CT molecular complexity index is 1380. The lowest BCUT2D eigenvalue weighted by molar-refractivity contribution is -0.154. The van der Waals surface area contributed by atoms with Gasteiger partial charge in [0.1, 0.15) is 5.75 Å². The monoisotopic (exact) mass is 628 g/mol. The Kier molecular flexibility index (Phi) is 11.3. The van der Waals surface area contributed by atoms with E-state index < -0.39 is 18.8 Å². The number of carbonyl (C=O) groups is 1. The number of rotatable bonds is 2. The van der Waals surface area contributed by atoms with Crippen molar-refractivity contribution in [2.75, 3.05) is 69.7 Å². The van der Waals surface area contributed by atoms with Crippen LogP contribution in [-0.2, 0) is 6.54 Å². The number of amides is 1. The molecular weight excluding hydrogens is 589 g/mol. The quantitative estimate of drug-likeness (QED) is 0.376. The number of ether oxygens (including phenoxy) is 2. The van der Waals surface area contributed by atoms with Crippen molar-refractivity contribution in [2.45, 2.75) is 38.4 Å². The van der Waals surface area contributed by atoms with E-state index >= 15 is 0 Å². The van der Waals surface area contributed by atoms with Crippen molar-refractivity contribution in [3.05, 3.63) is 59.7 Å². The first-order valence-corrected chi connectivity index (χ1v) is 15.3. The Labute approximate surface area is 260 Å². The molecule has 2 aromatic carbocycles. The zero-order valence-corrected chi connectivity index (χ0v) is 25.1. The van der Waals surface area contributed by atoms with Crippen LogP contribution < -0.4 is 25.4 Å². The standard InChI is InChI=1S/C31H39F3N8O3/c32-31(33,34)22-45-30-39-28-36-21-23-5-11-26(12-6-23)44-20-4-17-41-15-1-13-35-14-2-18-42(19-3-16-41)27(43)24-7-9-25(10-8-24)37-29(38-28)40-30/h5-12,35H,1-4,13-22H2,(H2,36,37,38,39,40). The fourth-order valence-corrected chi connectivity index (χ4v) is 5.16.